The molecular weight excluding hydrogens is 308 g/mol. The topological polar surface area (TPSA) is 91.4 Å². The predicted octanol–water partition coefficient (Wildman–Crippen LogP) is 0.759. The molecule has 114 valence electrons. The van der Waals surface area contributed by atoms with Crippen LogP contribution in [0.15, 0.2) is 24.3 Å². The second-order valence-electron chi connectivity index (χ2n) is 5.21. The van der Waals surface area contributed by atoms with Crippen LogP contribution < -0.4 is 0 Å². The summed E-state index contributed by atoms with van der Waals surface area (Å²) in [6.45, 7) is 0.342. The maximum atomic E-state index is 11.9. The number of ketones is 1. The number of ether oxygens (including phenoxy) is 2. The molecule has 2 aliphatic rings. The van der Waals surface area contributed by atoms with Crippen molar-refractivity contribution in [2.75, 3.05) is 6.61 Å². The normalized spacial score (nSPS) is 27.3. The van der Waals surface area contributed by atoms with E-state index in [4.69, 9.17) is 21.7 Å². The van der Waals surface area contributed by atoms with Gasteiger partial charge in [0.1, 0.15) is 11.9 Å². The number of benzene rings is 1. The van der Waals surface area contributed by atoms with Crippen molar-refractivity contribution in [1.82, 2.24) is 19.8 Å². The molecule has 8 nitrogen and oxygen atoms in total. The first kappa shape index (κ1) is 13.6. The monoisotopic (exact) mass is 320 g/mol. The smallest absolute Gasteiger partial charge is 0.221 e. The minimum absolute atomic E-state index is 0.111. The first-order valence-corrected chi connectivity index (χ1v) is 7.18. The van der Waals surface area contributed by atoms with Crippen molar-refractivity contribution in [1.29, 1.82) is 0 Å². The van der Waals surface area contributed by atoms with E-state index < -0.39 is 6.29 Å². The Labute approximate surface area is 129 Å². The first-order valence-electron chi connectivity index (χ1n) is 6.77. The Morgan fingerprint density at radius 3 is 2.82 bits per heavy atom. The van der Waals surface area contributed by atoms with Gasteiger partial charge in [-0.25, -0.2) is 4.68 Å². The Morgan fingerprint density at radius 2 is 2.05 bits per heavy atom. The van der Waals surface area contributed by atoms with Crippen molar-refractivity contribution in [3.63, 3.8) is 0 Å². The van der Waals surface area contributed by atoms with Crippen LogP contribution in [0.4, 0.5) is 0 Å². The fraction of sp³-hybridized carbons (Fsp3) is 0.385. The molecule has 1 N–H and O–H groups in total. The summed E-state index contributed by atoms with van der Waals surface area (Å²) >= 11 is 5.40. The molecule has 0 saturated carbocycles. The third-order valence-corrected chi connectivity index (χ3v) is 4.18. The van der Waals surface area contributed by atoms with Crippen LogP contribution in [-0.2, 0) is 14.3 Å². The zero-order chi connectivity index (χ0) is 15.3. The van der Waals surface area contributed by atoms with Gasteiger partial charge in [0.05, 0.1) is 18.3 Å². The highest BCUT2D eigenvalue weighted by molar-refractivity contribution is 7.71. The average molecular weight is 320 g/mol. The Bertz CT molecular complexity index is 784. The molecule has 22 heavy (non-hydrogen) atoms. The summed E-state index contributed by atoms with van der Waals surface area (Å²) in [7, 11) is 0. The van der Waals surface area contributed by atoms with Crippen LogP contribution in [0.1, 0.15) is 12.5 Å². The number of nitrogens with zero attached hydrogens (tertiary/aromatic N) is 4. The number of phenolic OH excluding ortho intramolecular Hbond substituents is 1. The van der Waals surface area contributed by atoms with E-state index in [-0.39, 0.29) is 30.1 Å². The summed E-state index contributed by atoms with van der Waals surface area (Å²) in [6, 6.07) is 6.13. The van der Waals surface area contributed by atoms with E-state index in [1.807, 2.05) is 0 Å². The maximum absolute atomic E-state index is 11.9. The molecule has 2 saturated heterocycles. The van der Waals surface area contributed by atoms with E-state index in [1.54, 1.807) is 24.3 Å². The van der Waals surface area contributed by atoms with Crippen LogP contribution >= 0.6 is 12.2 Å². The summed E-state index contributed by atoms with van der Waals surface area (Å²) in [5.74, 6) is 0.0444. The van der Waals surface area contributed by atoms with Crippen molar-refractivity contribution in [3.05, 3.63) is 29.0 Å². The fourth-order valence-electron chi connectivity index (χ4n) is 2.69. The number of carbonyl (C=O) groups is 1. The zero-order valence-electron chi connectivity index (χ0n) is 11.3. The fourth-order valence-corrected chi connectivity index (χ4v) is 3.00. The number of aromatic hydroxyl groups is 1. The summed E-state index contributed by atoms with van der Waals surface area (Å²) in [5, 5.41) is 17.4. The molecule has 0 aliphatic carbocycles. The highest BCUT2D eigenvalue weighted by Crippen LogP contribution is 2.32. The molecular formula is C13H12N4O4S. The molecule has 3 unspecified atom stereocenters. The number of hydrogen-bond donors (Lipinski definition) is 1. The number of carbonyl (C=O) groups excluding carboxylic acids is 1. The lowest BCUT2D eigenvalue weighted by Crippen LogP contribution is -2.37. The third kappa shape index (κ3) is 2.05. The first-order chi connectivity index (χ1) is 10.6. The van der Waals surface area contributed by atoms with Crippen LogP contribution in [0.3, 0.4) is 0 Å². The van der Waals surface area contributed by atoms with Crippen LogP contribution in [0.5, 0.6) is 5.75 Å². The Hall–Kier alpha value is -2.10. The van der Waals surface area contributed by atoms with Crippen LogP contribution in [0.25, 0.3) is 5.69 Å². The van der Waals surface area contributed by atoms with Crippen LogP contribution in [0, 0.1) is 4.77 Å². The van der Waals surface area contributed by atoms with Crippen molar-refractivity contribution in [2.24, 2.45) is 0 Å². The SMILES string of the molecule is O=C1CC(n2nnn(-c3ccc(O)cc3)c2=S)C2COC1O2. The largest absolute Gasteiger partial charge is 0.508 e. The summed E-state index contributed by atoms with van der Waals surface area (Å²) in [5.41, 5.74) is 0.678. The van der Waals surface area contributed by atoms with Gasteiger partial charge in [-0.2, -0.15) is 4.68 Å². The number of aromatic nitrogens is 4. The lowest BCUT2D eigenvalue weighted by atomic mass is 10.0. The average Bonchev–Trinajstić information content (AvgIpc) is 3.10. The number of fused-ring (bicyclic) bond motifs is 2. The van der Waals surface area contributed by atoms with Gasteiger partial charge in [-0.3, -0.25) is 4.79 Å². The second-order valence-corrected chi connectivity index (χ2v) is 5.58. The highest BCUT2D eigenvalue weighted by Gasteiger charge is 2.45. The molecule has 0 amide bonds. The molecule has 2 aromatic rings. The van der Waals surface area contributed by atoms with E-state index in [0.29, 0.717) is 17.1 Å². The molecule has 2 bridgehead atoms. The van der Waals surface area contributed by atoms with Gasteiger partial charge in [0.15, 0.2) is 5.78 Å². The van der Waals surface area contributed by atoms with Gasteiger partial charge in [-0.1, -0.05) is 0 Å². The summed E-state index contributed by atoms with van der Waals surface area (Å²) in [6.07, 6.45) is -0.736. The number of rotatable bonds is 2. The quantitative estimate of drug-likeness (QED) is 0.817. The number of hydrogen-bond acceptors (Lipinski definition) is 7. The Kier molecular flexibility index (Phi) is 3.06. The van der Waals surface area contributed by atoms with Gasteiger partial charge < -0.3 is 14.6 Å². The van der Waals surface area contributed by atoms with E-state index in [0.717, 1.165) is 0 Å². The zero-order valence-corrected chi connectivity index (χ0v) is 12.1. The minimum Gasteiger partial charge on any atom is -0.508 e. The van der Waals surface area contributed by atoms with Crippen molar-refractivity contribution >= 4 is 18.0 Å². The van der Waals surface area contributed by atoms with Gasteiger partial charge in [-0.05, 0) is 46.9 Å². The van der Waals surface area contributed by atoms with Crippen LogP contribution in [0.2, 0.25) is 0 Å². The van der Waals surface area contributed by atoms with Gasteiger partial charge in [0, 0.05) is 6.42 Å². The van der Waals surface area contributed by atoms with Gasteiger partial charge in [0.25, 0.3) is 0 Å². The highest BCUT2D eigenvalue weighted by atomic mass is 32.1. The molecule has 1 aromatic carbocycles. The third-order valence-electron chi connectivity index (χ3n) is 3.82. The Balaban J connectivity index is 1.71. The maximum Gasteiger partial charge on any atom is 0.221 e. The number of tetrazole rings is 1. The molecule has 3 heterocycles. The minimum atomic E-state index is -0.748. The van der Waals surface area contributed by atoms with E-state index in [9.17, 15) is 9.90 Å². The lowest BCUT2D eigenvalue weighted by molar-refractivity contribution is -0.156. The van der Waals surface area contributed by atoms with Gasteiger partial charge in [-0.15, -0.1) is 0 Å². The summed E-state index contributed by atoms with van der Waals surface area (Å²) < 4.78 is 14.2. The molecule has 9 heteroatoms. The van der Waals surface area contributed by atoms with E-state index in [1.165, 1.54) is 9.36 Å². The van der Waals surface area contributed by atoms with E-state index in [2.05, 4.69) is 10.4 Å². The van der Waals surface area contributed by atoms with Gasteiger partial charge in [0.2, 0.25) is 11.1 Å². The second kappa shape index (κ2) is 4.97. The molecule has 2 fully saturated rings. The van der Waals surface area contributed by atoms with E-state index >= 15 is 0 Å². The number of phenols is 1. The number of Topliss-reactive ketones (excluding diaryl/α,β-unsaturated/α-hetero) is 1. The molecule has 4 rings (SSSR count). The standard InChI is InChI=1S/C13H12N4O4S/c18-8-3-1-7(2-4-8)16-13(22)17(15-14-16)9-5-10(19)12-20-6-11(9)21-12/h1-4,9,11-12,18H,5-6H2. The predicted molar refractivity (Wildman–Crippen MR) is 75.1 cm³/mol. The van der Waals surface area contributed by atoms with Crippen LogP contribution in [-0.4, -0.2) is 49.7 Å². The molecule has 3 atom stereocenters. The van der Waals surface area contributed by atoms with Crippen molar-refractivity contribution in [2.45, 2.75) is 24.9 Å². The van der Waals surface area contributed by atoms with Crippen molar-refractivity contribution < 1.29 is 19.4 Å². The lowest BCUT2D eigenvalue weighted by Gasteiger charge is -2.25. The molecule has 0 spiro atoms. The van der Waals surface area contributed by atoms with Crippen molar-refractivity contribution in [3.8, 4) is 11.4 Å². The summed E-state index contributed by atoms with van der Waals surface area (Å²) in [4.78, 5) is 11.9. The Morgan fingerprint density at radius 1 is 1.27 bits per heavy atom. The van der Waals surface area contributed by atoms with Gasteiger partial charge >= 0.3 is 0 Å². The molecule has 1 aromatic heterocycles. The molecule has 2 aliphatic heterocycles. The molecule has 0 radical (unpaired) electrons.